The molecule has 0 aromatic heterocycles. The summed E-state index contributed by atoms with van der Waals surface area (Å²) in [7, 11) is 0. The van der Waals surface area contributed by atoms with E-state index in [-0.39, 0.29) is 19.0 Å². The maximum atomic E-state index is 12.4. The zero-order chi connectivity index (χ0) is 20.2. The van der Waals surface area contributed by atoms with Crippen LogP contribution in [0.2, 0.25) is 0 Å². The maximum Gasteiger partial charge on any atom is 0.288 e. The van der Waals surface area contributed by atoms with Gasteiger partial charge in [0.15, 0.2) is 5.84 Å². The molecular weight excluding hydrogens is 372 g/mol. The number of thioether (sulfide) groups is 1. The Balaban J connectivity index is 0.00000176. The van der Waals surface area contributed by atoms with E-state index in [2.05, 4.69) is 10.4 Å². The molecule has 0 radical (unpaired) electrons. The molecule has 0 atom stereocenters. The van der Waals surface area contributed by atoms with E-state index in [1.165, 1.54) is 0 Å². The number of aliphatic hydroxyl groups excluding tert-OH is 1. The molecule has 9 heteroatoms. The highest BCUT2D eigenvalue weighted by atomic mass is 32.2. The van der Waals surface area contributed by atoms with E-state index in [9.17, 15) is 8.78 Å². The molecule has 6 nitrogen and oxygen atoms in total. The minimum atomic E-state index is -2.45. The van der Waals surface area contributed by atoms with Crippen LogP contribution in [0.5, 0.6) is 0 Å². The van der Waals surface area contributed by atoms with Gasteiger partial charge in [0.05, 0.1) is 13.2 Å². The lowest BCUT2D eigenvalue weighted by Gasteiger charge is -2.15. The molecule has 0 aliphatic heterocycles. The second-order valence-corrected chi connectivity index (χ2v) is 6.01. The summed E-state index contributed by atoms with van der Waals surface area (Å²) in [5.74, 6) is 3.34. The molecule has 0 saturated heterocycles. The second kappa shape index (κ2) is 12.1. The first-order valence-corrected chi connectivity index (χ1v) is 9.26. The van der Waals surface area contributed by atoms with Crippen LogP contribution in [0.1, 0.15) is 19.4 Å². The highest BCUT2D eigenvalue weighted by Gasteiger charge is 2.09. The quantitative estimate of drug-likeness (QED) is 0.179. The Hall–Kier alpha value is -2.36. The summed E-state index contributed by atoms with van der Waals surface area (Å²) < 4.78 is 24.7. The zero-order valence-corrected chi connectivity index (χ0v) is 16.1. The molecule has 0 aliphatic rings. The zero-order valence-electron chi connectivity index (χ0n) is 15.3. The van der Waals surface area contributed by atoms with Gasteiger partial charge >= 0.3 is 0 Å². The molecule has 0 heterocycles. The van der Waals surface area contributed by atoms with E-state index in [1.807, 2.05) is 26.0 Å². The SMILES string of the molecule is CC.N/C(=N\N(N)CCO)c1ccccc1Nc1ccc(SC(F)F)cc1. The normalized spacial score (nSPS) is 11.0. The number of alkyl halides is 2. The minimum absolute atomic E-state index is 0.143. The fourth-order valence-corrected chi connectivity index (χ4v) is 2.53. The lowest BCUT2D eigenvalue weighted by molar-refractivity contribution is 0.204. The van der Waals surface area contributed by atoms with Gasteiger partial charge in [0.25, 0.3) is 5.76 Å². The van der Waals surface area contributed by atoms with Crippen molar-refractivity contribution < 1.29 is 13.9 Å². The van der Waals surface area contributed by atoms with Gasteiger partial charge in [-0.25, -0.2) is 11.0 Å². The lowest BCUT2D eigenvalue weighted by Crippen LogP contribution is -2.32. The van der Waals surface area contributed by atoms with Crippen LogP contribution in [0.4, 0.5) is 20.2 Å². The minimum Gasteiger partial charge on any atom is -0.394 e. The highest BCUT2D eigenvalue weighted by Crippen LogP contribution is 2.27. The molecule has 27 heavy (non-hydrogen) atoms. The summed E-state index contributed by atoms with van der Waals surface area (Å²) in [6, 6.07) is 13.9. The maximum absolute atomic E-state index is 12.4. The fourth-order valence-electron chi connectivity index (χ4n) is 2.04. The third-order valence-corrected chi connectivity index (χ3v) is 3.85. The number of benzene rings is 2. The standard InChI is InChI=1S/C16H19F2N5OS.C2H6/c17-16(18)25-12-7-5-11(6-8-12)21-14-4-2-1-3-13(14)15(19)22-23(20)9-10-24;1-2/h1-8,16,21,24H,9-10,20H2,(H2,19,22);1-2H3. The molecule has 0 unspecified atom stereocenters. The van der Waals surface area contributed by atoms with Gasteiger partial charge in [0.2, 0.25) is 0 Å². The van der Waals surface area contributed by atoms with Gasteiger partial charge in [0, 0.05) is 21.8 Å². The number of hydrogen-bond donors (Lipinski definition) is 4. The van der Waals surface area contributed by atoms with Gasteiger partial charge in [-0.05, 0) is 36.4 Å². The molecule has 0 amide bonds. The molecule has 2 aromatic carbocycles. The summed E-state index contributed by atoms with van der Waals surface area (Å²) in [5, 5.41) is 17.1. The first-order valence-electron chi connectivity index (χ1n) is 8.38. The average molecular weight is 397 g/mol. The lowest BCUT2D eigenvalue weighted by atomic mass is 10.1. The Morgan fingerprint density at radius 2 is 1.81 bits per heavy atom. The molecule has 148 valence electrons. The largest absolute Gasteiger partial charge is 0.394 e. The van der Waals surface area contributed by atoms with Crippen molar-refractivity contribution in [2.24, 2.45) is 16.7 Å². The summed E-state index contributed by atoms with van der Waals surface area (Å²) in [6.07, 6.45) is 0. The van der Waals surface area contributed by atoms with Crippen molar-refractivity contribution >= 4 is 29.0 Å². The summed E-state index contributed by atoms with van der Waals surface area (Å²) in [6.45, 7) is 4.01. The number of aliphatic hydroxyl groups is 1. The topological polar surface area (TPSA) is 99.9 Å². The van der Waals surface area contributed by atoms with Crippen molar-refractivity contribution in [3.63, 3.8) is 0 Å². The Morgan fingerprint density at radius 3 is 2.41 bits per heavy atom. The molecule has 0 aliphatic carbocycles. The van der Waals surface area contributed by atoms with Gasteiger partial charge in [-0.1, -0.05) is 37.7 Å². The number of hydrazine groups is 1. The number of anilines is 2. The number of rotatable bonds is 8. The first kappa shape index (κ1) is 22.7. The van der Waals surface area contributed by atoms with Crippen LogP contribution in [0.15, 0.2) is 58.5 Å². The van der Waals surface area contributed by atoms with Crippen molar-refractivity contribution in [1.82, 2.24) is 5.12 Å². The van der Waals surface area contributed by atoms with Crippen molar-refractivity contribution in [3.8, 4) is 0 Å². The highest BCUT2D eigenvalue weighted by molar-refractivity contribution is 7.99. The molecule has 2 rings (SSSR count). The molecule has 2 aromatic rings. The number of hydrazone groups is 1. The molecule has 0 fully saturated rings. The van der Waals surface area contributed by atoms with Gasteiger partial charge in [0.1, 0.15) is 0 Å². The monoisotopic (exact) mass is 397 g/mol. The first-order chi connectivity index (χ1) is 13.0. The van der Waals surface area contributed by atoms with E-state index >= 15 is 0 Å². The van der Waals surface area contributed by atoms with Crippen LogP contribution in [0, 0.1) is 0 Å². The Labute approximate surface area is 162 Å². The van der Waals surface area contributed by atoms with Crippen LogP contribution in [0.3, 0.4) is 0 Å². The predicted octanol–water partition coefficient (Wildman–Crippen LogP) is 3.56. The Kier molecular flexibility index (Phi) is 10.2. The van der Waals surface area contributed by atoms with Gasteiger partial charge < -0.3 is 16.2 Å². The van der Waals surface area contributed by atoms with Gasteiger partial charge in [-0.15, -0.1) is 5.10 Å². The van der Waals surface area contributed by atoms with Crippen molar-refractivity contribution in [2.75, 3.05) is 18.5 Å². The van der Waals surface area contributed by atoms with Crippen molar-refractivity contribution in [3.05, 3.63) is 54.1 Å². The predicted molar refractivity (Wildman–Crippen MR) is 108 cm³/mol. The van der Waals surface area contributed by atoms with E-state index in [4.69, 9.17) is 16.7 Å². The third-order valence-electron chi connectivity index (χ3n) is 3.13. The number of halogens is 2. The summed E-state index contributed by atoms with van der Waals surface area (Å²) in [4.78, 5) is 0.484. The number of amidine groups is 1. The van der Waals surface area contributed by atoms with Crippen molar-refractivity contribution in [2.45, 2.75) is 24.5 Å². The molecular formula is C18H25F2N5OS. The number of nitrogens with one attached hydrogen (secondary N) is 1. The fraction of sp³-hybridized carbons (Fsp3) is 0.278. The smallest absolute Gasteiger partial charge is 0.288 e. The van der Waals surface area contributed by atoms with Gasteiger partial charge in [-0.2, -0.15) is 8.78 Å². The number of hydrogen-bond acceptors (Lipinski definition) is 6. The number of nitrogens with zero attached hydrogens (tertiary/aromatic N) is 2. The molecule has 0 spiro atoms. The second-order valence-electron chi connectivity index (χ2n) is 4.95. The molecule has 0 saturated carbocycles. The average Bonchev–Trinajstić information content (AvgIpc) is 2.65. The van der Waals surface area contributed by atoms with Gasteiger partial charge in [-0.3, -0.25) is 0 Å². The van der Waals surface area contributed by atoms with E-state index in [0.29, 0.717) is 27.9 Å². The van der Waals surface area contributed by atoms with Crippen LogP contribution < -0.4 is 16.9 Å². The van der Waals surface area contributed by atoms with Crippen molar-refractivity contribution in [1.29, 1.82) is 0 Å². The molecule has 0 bridgehead atoms. The summed E-state index contributed by atoms with van der Waals surface area (Å²) in [5.41, 5.74) is 8.02. The van der Waals surface area contributed by atoms with E-state index in [1.54, 1.807) is 36.4 Å². The van der Waals surface area contributed by atoms with Crippen LogP contribution in [-0.4, -0.2) is 35.0 Å². The Bertz CT molecular complexity index is 713. The van der Waals surface area contributed by atoms with E-state index < -0.39 is 5.76 Å². The third kappa shape index (κ3) is 7.81. The van der Waals surface area contributed by atoms with E-state index in [0.717, 1.165) is 10.8 Å². The number of nitrogens with two attached hydrogens (primary N) is 2. The Morgan fingerprint density at radius 1 is 1.19 bits per heavy atom. The van der Waals surface area contributed by atoms with Crippen LogP contribution in [-0.2, 0) is 0 Å². The number of para-hydroxylation sites is 1. The molecule has 6 N–H and O–H groups in total. The van der Waals surface area contributed by atoms with Crippen LogP contribution in [0.25, 0.3) is 0 Å². The summed E-state index contributed by atoms with van der Waals surface area (Å²) >= 11 is 0.493. The van der Waals surface area contributed by atoms with Crippen LogP contribution >= 0.6 is 11.8 Å².